The van der Waals surface area contributed by atoms with E-state index in [1.165, 1.54) is 0 Å². The fraction of sp³-hybridized carbons (Fsp3) is 0. The average molecular weight is 630 g/mol. The van der Waals surface area contributed by atoms with Gasteiger partial charge in [-0.1, -0.05) is 89.4 Å². The second-order valence-electron chi connectivity index (χ2n) is 10.6. The first kappa shape index (κ1) is 26.9. The monoisotopic (exact) mass is 628 g/mol. The summed E-state index contributed by atoms with van der Waals surface area (Å²) >= 11 is 20.5. The zero-order chi connectivity index (χ0) is 29.8. The second kappa shape index (κ2) is 10.8. The Hall–Kier alpha value is -4.74. The molecule has 1 aliphatic rings. The Labute approximate surface area is 268 Å². The van der Waals surface area contributed by atoms with E-state index in [2.05, 4.69) is 51.4 Å². The van der Waals surface area contributed by atoms with Crippen molar-refractivity contribution in [3.8, 4) is 33.4 Å². The molecular formula is C37H23Cl3N4. The highest BCUT2D eigenvalue weighted by Gasteiger charge is 2.17. The van der Waals surface area contributed by atoms with Crippen molar-refractivity contribution in [2.45, 2.75) is 0 Å². The van der Waals surface area contributed by atoms with Gasteiger partial charge in [0.2, 0.25) is 0 Å². The van der Waals surface area contributed by atoms with Crippen molar-refractivity contribution in [1.82, 2.24) is 19.9 Å². The SMILES string of the molecule is Clc1ccccc1-c1c2nc(c3ccc([nH]3)c(-c3ccccc3Cl)c3ccc([nH]3)c(-c3ccccc3Cl)c3ccc1[nH]3)C=C2. The molecule has 7 aromatic rings. The highest BCUT2D eigenvalue weighted by molar-refractivity contribution is 6.35. The minimum atomic E-state index is 0.645. The number of H-pyrrole nitrogens is 3. The maximum atomic E-state index is 6.85. The number of rotatable bonds is 3. The van der Waals surface area contributed by atoms with Crippen LogP contribution < -0.4 is 0 Å². The molecule has 5 heterocycles. The fourth-order valence-electron chi connectivity index (χ4n) is 6.00. The summed E-state index contributed by atoms with van der Waals surface area (Å²) in [6.07, 6.45) is 4.06. The third-order valence-corrected chi connectivity index (χ3v) is 9.00. The largest absolute Gasteiger partial charge is 0.354 e. The van der Waals surface area contributed by atoms with Gasteiger partial charge in [-0.15, -0.1) is 0 Å². The van der Waals surface area contributed by atoms with Gasteiger partial charge in [0, 0.05) is 76.0 Å². The number of fused-ring (bicyclic) bond motifs is 9. The molecule has 212 valence electrons. The van der Waals surface area contributed by atoms with Gasteiger partial charge in [0.05, 0.1) is 16.9 Å². The van der Waals surface area contributed by atoms with Crippen LogP contribution in [0.25, 0.3) is 78.6 Å². The molecule has 0 radical (unpaired) electrons. The number of nitrogens with zero attached hydrogens (tertiary/aromatic N) is 1. The van der Waals surface area contributed by atoms with E-state index in [-0.39, 0.29) is 0 Å². The molecule has 7 heteroatoms. The summed E-state index contributed by atoms with van der Waals surface area (Å²) in [6, 6.07) is 36.0. The van der Waals surface area contributed by atoms with Gasteiger partial charge in [0.1, 0.15) is 0 Å². The summed E-state index contributed by atoms with van der Waals surface area (Å²) in [4.78, 5) is 16.1. The van der Waals surface area contributed by atoms with Crippen molar-refractivity contribution in [2.24, 2.45) is 0 Å². The highest BCUT2D eigenvalue weighted by atomic mass is 35.5. The van der Waals surface area contributed by atoms with Gasteiger partial charge in [-0.25, -0.2) is 4.98 Å². The molecule has 4 aromatic heterocycles. The molecule has 3 aromatic carbocycles. The summed E-state index contributed by atoms with van der Waals surface area (Å²) in [5.74, 6) is 0. The Bertz CT molecular complexity index is 2390. The van der Waals surface area contributed by atoms with Crippen LogP contribution in [0.5, 0.6) is 0 Å². The summed E-state index contributed by atoms with van der Waals surface area (Å²) in [7, 11) is 0. The summed E-state index contributed by atoms with van der Waals surface area (Å²) in [5.41, 5.74) is 12.5. The second-order valence-corrected chi connectivity index (χ2v) is 11.9. The molecule has 8 bridgehead atoms. The van der Waals surface area contributed by atoms with E-state index in [0.717, 1.165) is 77.9 Å². The third-order valence-electron chi connectivity index (χ3n) is 8.01. The standard InChI is InChI=1S/C37H23Cl3N4/c38-24-10-4-1-7-21(24)35-29-15-13-27(41-29)28-14-16-30(42-28)36(22-8-2-5-11-25(22)39)32-18-20-34(44-32)37(33-19-17-31(35)43-33)23-9-3-6-12-26(23)40/h1-20,41,43-44H. The number of hydrogen-bond donors (Lipinski definition) is 3. The first-order valence-electron chi connectivity index (χ1n) is 14.1. The molecule has 4 nitrogen and oxygen atoms in total. The van der Waals surface area contributed by atoms with Crippen molar-refractivity contribution in [2.75, 3.05) is 0 Å². The maximum Gasteiger partial charge on any atom is 0.0872 e. The van der Waals surface area contributed by atoms with Crippen molar-refractivity contribution < 1.29 is 0 Å². The maximum absolute atomic E-state index is 6.85. The summed E-state index contributed by atoms with van der Waals surface area (Å²) in [5, 5.41) is 1.95. The van der Waals surface area contributed by atoms with Crippen LogP contribution in [0, 0.1) is 0 Å². The molecule has 0 saturated carbocycles. The molecule has 3 N–H and O–H groups in total. The molecular weight excluding hydrogens is 607 g/mol. The lowest BCUT2D eigenvalue weighted by Crippen LogP contribution is -1.87. The van der Waals surface area contributed by atoms with E-state index in [1.54, 1.807) is 0 Å². The molecule has 44 heavy (non-hydrogen) atoms. The molecule has 8 rings (SSSR count). The van der Waals surface area contributed by atoms with Crippen LogP contribution in [0.15, 0.2) is 109 Å². The summed E-state index contributed by atoms with van der Waals surface area (Å²) in [6.45, 7) is 0. The topological polar surface area (TPSA) is 60.3 Å². The first-order chi connectivity index (χ1) is 21.5. The van der Waals surface area contributed by atoms with Gasteiger partial charge >= 0.3 is 0 Å². The van der Waals surface area contributed by atoms with E-state index in [9.17, 15) is 0 Å². The van der Waals surface area contributed by atoms with Crippen LogP contribution in [-0.2, 0) is 0 Å². The van der Waals surface area contributed by atoms with Gasteiger partial charge in [-0.05, 0) is 66.7 Å². The lowest BCUT2D eigenvalue weighted by atomic mass is 10.0. The van der Waals surface area contributed by atoms with E-state index < -0.39 is 0 Å². The Morgan fingerprint density at radius 1 is 0.364 bits per heavy atom. The van der Waals surface area contributed by atoms with Gasteiger partial charge in [-0.3, -0.25) is 0 Å². The number of aromatic nitrogens is 4. The first-order valence-corrected chi connectivity index (χ1v) is 15.3. The zero-order valence-corrected chi connectivity index (χ0v) is 25.4. The highest BCUT2D eigenvalue weighted by Crippen LogP contribution is 2.39. The van der Waals surface area contributed by atoms with E-state index in [1.807, 2.05) is 84.9 Å². The molecule has 0 saturated heterocycles. The quantitative estimate of drug-likeness (QED) is 0.179. The van der Waals surface area contributed by atoms with E-state index in [0.29, 0.717) is 15.1 Å². The van der Waals surface area contributed by atoms with Gasteiger partial charge < -0.3 is 15.0 Å². The van der Waals surface area contributed by atoms with Gasteiger partial charge in [0.15, 0.2) is 0 Å². The minimum Gasteiger partial charge on any atom is -0.354 e. The number of halogens is 3. The van der Waals surface area contributed by atoms with Gasteiger partial charge in [-0.2, -0.15) is 0 Å². The molecule has 0 amide bonds. The van der Waals surface area contributed by atoms with E-state index >= 15 is 0 Å². The predicted octanol–water partition coefficient (Wildman–Crippen LogP) is 11.7. The molecule has 0 unspecified atom stereocenters. The van der Waals surface area contributed by atoms with Crippen LogP contribution in [0.1, 0.15) is 11.4 Å². The Morgan fingerprint density at radius 2 is 0.705 bits per heavy atom. The molecule has 0 atom stereocenters. The fourth-order valence-corrected chi connectivity index (χ4v) is 6.69. The minimum absolute atomic E-state index is 0.645. The Morgan fingerprint density at radius 3 is 1.16 bits per heavy atom. The molecule has 0 fully saturated rings. The Balaban J connectivity index is 1.59. The molecule has 1 aliphatic heterocycles. The van der Waals surface area contributed by atoms with Crippen molar-refractivity contribution >= 4 is 80.1 Å². The lowest BCUT2D eigenvalue weighted by molar-refractivity contribution is 1.32. The number of benzene rings is 3. The average Bonchev–Trinajstić information content (AvgIpc) is 3.85. The normalized spacial score (nSPS) is 11.9. The molecule has 0 spiro atoms. The van der Waals surface area contributed by atoms with Crippen molar-refractivity contribution in [3.05, 3.63) is 136 Å². The number of hydrogen-bond acceptors (Lipinski definition) is 1. The smallest absolute Gasteiger partial charge is 0.0872 e. The molecule has 0 aliphatic carbocycles. The van der Waals surface area contributed by atoms with Crippen molar-refractivity contribution in [3.63, 3.8) is 0 Å². The van der Waals surface area contributed by atoms with Crippen molar-refractivity contribution in [1.29, 1.82) is 0 Å². The summed E-state index contributed by atoms with van der Waals surface area (Å²) < 4.78 is 0. The van der Waals surface area contributed by atoms with Crippen LogP contribution in [0.4, 0.5) is 0 Å². The van der Waals surface area contributed by atoms with E-state index in [4.69, 9.17) is 39.8 Å². The number of aromatic amines is 3. The third kappa shape index (κ3) is 4.51. The Kier molecular flexibility index (Phi) is 6.57. The van der Waals surface area contributed by atoms with Crippen LogP contribution in [0.3, 0.4) is 0 Å². The van der Waals surface area contributed by atoms with Crippen LogP contribution in [0.2, 0.25) is 15.1 Å². The lowest BCUT2D eigenvalue weighted by Gasteiger charge is -2.07. The zero-order valence-electron chi connectivity index (χ0n) is 23.1. The predicted molar refractivity (Wildman–Crippen MR) is 187 cm³/mol. The van der Waals surface area contributed by atoms with Gasteiger partial charge in [0.25, 0.3) is 0 Å². The number of nitrogens with one attached hydrogen (secondary N) is 3. The van der Waals surface area contributed by atoms with Crippen LogP contribution >= 0.6 is 34.8 Å². The van der Waals surface area contributed by atoms with Crippen LogP contribution in [-0.4, -0.2) is 19.9 Å².